The van der Waals surface area contributed by atoms with Crippen molar-refractivity contribution in [2.45, 2.75) is 19.0 Å². The maximum atomic E-state index is 8.68. The largest absolute Gasteiger partial charge is 0.396 e. The molecule has 0 bridgehead atoms. The Kier molecular flexibility index (Phi) is 5.06. The first-order valence-corrected chi connectivity index (χ1v) is 6.67. The normalized spacial score (nSPS) is 17.4. The maximum absolute atomic E-state index is 8.68. The summed E-state index contributed by atoms with van der Waals surface area (Å²) in [7, 11) is 0. The van der Waals surface area contributed by atoms with Gasteiger partial charge < -0.3 is 22.1 Å². The maximum Gasteiger partial charge on any atom is 0.158 e. The minimum absolute atomic E-state index is 0.167. The van der Waals surface area contributed by atoms with Gasteiger partial charge in [-0.1, -0.05) is 0 Å². The monoisotopic (exact) mass is 286 g/mol. The number of nitrogens with zero attached hydrogens (tertiary/aromatic N) is 4. The molecule has 6 N–H and O–H groups in total. The third kappa shape index (κ3) is 4.15. The van der Waals surface area contributed by atoms with E-state index in [9.17, 15) is 0 Å². The van der Waals surface area contributed by atoms with Crippen LogP contribution in [0.25, 0.3) is 0 Å². The Hall–Kier alpha value is -2.66. The van der Waals surface area contributed by atoms with Crippen LogP contribution in [0.2, 0.25) is 0 Å². The van der Waals surface area contributed by atoms with Crippen molar-refractivity contribution >= 4 is 12.0 Å². The van der Waals surface area contributed by atoms with Crippen molar-refractivity contribution in [3.63, 3.8) is 0 Å². The lowest BCUT2D eigenvalue weighted by Crippen LogP contribution is -2.31. The van der Waals surface area contributed by atoms with Crippen molar-refractivity contribution in [2.24, 2.45) is 16.5 Å². The average molecular weight is 286 g/mol. The van der Waals surface area contributed by atoms with Gasteiger partial charge in [0, 0.05) is 24.9 Å². The number of dihydropyridines is 1. The molecule has 1 aliphatic heterocycles. The van der Waals surface area contributed by atoms with Crippen LogP contribution in [0, 0.1) is 11.3 Å². The van der Waals surface area contributed by atoms with Crippen molar-refractivity contribution in [3.8, 4) is 6.07 Å². The molecule has 21 heavy (non-hydrogen) atoms. The van der Waals surface area contributed by atoms with Gasteiger partial charge in [-0.15, -0.1) is 0 Å². The number of aromatic nitrogens is 2. The SMILES string of the molecule is N#Cc1cnc(NC2CC(NCCCN)=C(N)C=N2)cn1. The summed E-state index contributed by atoms with van der Waals surface area (Å²) in [6.45, 7) is 1.42. The fourth-order valence-electron chi connectivity index (χ4n) is 1.85. The van der Waals surface area contributed by atoms with Crippen LogP contribution in [-0.2, 0) is 0 Å². The zero-order valence-corrected chi connectivity index (χ0v) is 11.6. The lowest BCUT2D eigenvalue weighted by Gasteiger charge is -2.22. The molecular weight excluding hydrogens is 268 g/mol. The summed E-state index contributed by atoms with van der Waals surface area (Å²) in [6, 6.07) is 1.92. The van der Waals surface area contributed by atoms with Gasteiger partial charge >= 0.3 is 0 Å². The summed E-state index contributed by atoms with van der Waals surface area (Å²) in [5, 5.41) is 15.1. The molecule has 0 aromatic carbocycles. The van der Waals surface area contributed by atoms with Crippen molar-refractivity contribution in [1.29, 1.82) is 5.26 Å². The highest BCUT2D eigenvalue weighted by Gasteiger charge is 2.16. The Morgan fingerprint density at radius 2 is 2.24 bits per heavy atom. The Labute approximate surface area is 123 Å². The molecular formula is C13H18N8. The van der Waals surface area contributed by atoms with E-state index in [1.54, 1.807) is 6.21 Å². The van der Waals surface area contributed by atoms with Crippen LogP contribution in [0.3, 0.4) is 0 Å². The van der Waals surface area contributed by atoms with Crippen LogP contribution in [-0.4, -0.2) is 35.4 Å². The highest BCUT2D eigenvalue weighted by molar-refractivity contribution is 5.79. The van der Waals surface area contributed by atoms with E-state index in [2.05, 4.69) is 25.6 Å². The second-order valence-corrected chi connectivity index (χ2v) is 4.54. The zero-order chi connectivity index (χ0) is 15.1. The minimum atomic E-state index is -0.167. The van der Waals surface area contributed by atoms with E-state index in [1.807, 2.05) is 6.07 Å². The fraction of sp³-hybridized carbons (Fsp3) is 0.385. The van der Waals surface area contributed by atoms with Gasteiger partial charge in [0.2, 0.25) is 0 Å². The van der Waals surface area contributed by atoms with Crippen molar-refractivity contribution < 1.29 is 0 Å². The van der Waals surface area contributed by atoms with E-state index in [0.717, 1.165) is 18.7 Å². The molecule has 0 spiro atoms. The highest BCUT2D eigenvalue weighted by Crippen LogP contribution is 2.15. The van der Waals surface area contributed by atoms with Gasteiger partial charge in [-0.3, -0.25) is 4.99 Å². The van der Waals surface area contributed by atoms with E-state index in [0.29, 0.717) is 24.5 Å². The number of nitrogens with two attached hydrogens (primary N) is 2. The summed E-state index contributed by atoms with van der Waals surface area (Å²) in [5.74, 6) is 0.568. The van der Waals surface area contributed by atoms with Gasteiger partial charge in [-0.25, -0.2) is 9.97 Å². The van der Waals surface area contributed by atoms with E-state index in [1.165, 1.54) is 12.4 Å². The zero-order valence-electron chi connectivity index (χ0n) is 11.6. The molecule has 110 valence electrons. The smallest absolute Gasteiger partial charge is 0.158 e. The second-order valence-electron chi connectivity index (χ2n) is 4.54. The van der Waals surface area contributed by atoms with Crippen molar-refractivity contribution in [2.75, 3.05) is 18.4 Å². The van der Waals surface area contributed by atoms with Gasteiger partial charge in [-0.2, -0.15) is 5.26 Å². The Balaban J connectivity index is 1.94. The summed E-state index contributed by atoms with van der Waals surface area (Å²) in [6.07, 6.45) is 5.90. The number of allylic oxidation sites excluding steroid dienone is 1. The second kappa shape index (κ2) is 7.21. The van der Waals surface area contributed by atoms with Crippen LogP contribution in [0.1, 0.15) is 18.5 Å². The number of aliphatic imine (C=N–C) groups is 1. The van der Waals surface area contributed by atoms with E-state index in [4.69, 9.17) is 16.7 Å². The molecule has 0 saturated carbocycles. The molecule has 1 aromatic heterocycles. The molecule has 8 nitrogen and oxygen atoms in total. The number of anilines is 1. The Bertz CT molecular complexity index is 569. The van der Waals surface area contributed by atoms with Crippen LogP contribution in [0.4, 0.5) is 5.82 Å². The molecule has 8 heteroatoms. The predicted octanol–water partition coefficient (Wildman–Crippen LogP) is -0.331. The molecule has 0 aliphatic carbocycles. The fourth-order valence-corrected chi connectivity index (χ4v) is 1.85. The third-order valence-electron chi connectivity index (χ3n) is 2.94. The van der Waals surface area contributed by atoms with E-state index in [-0.39, 0.29) is 11.9 Å². The molecule has 2 rings (SSSR count). The number of hydrogen-bond acceptors (Lipinski definition) is 8. The molecule has 0 saturated heterocycles. The van der Waals surface area contributed by atoms with Crippen LogP contribution >= 0.6 is 0 Å². The van der Waals surface area contributed by atoms with Crippen LogP contribution in [0.5, 0.6) is 0 Å². The molecule has 0 amide bonds. The minimum Gasteiger partial charge on any atom is -0.396 e. The lowest BCUT2D eigenvalue weighted by atomic mass is 10.1. The standard InChI is InChI=1S/C13H18N8/c14-2-1-3-17-11-4-12(20-7-10(11)16)21-13-8-18-9(5-15)6-19-13/h6-8,12,17H,1-4,14,16H2,(H,19,21). The van der Waals surface area contributed by atoms with E-state index >= 15 is 0 Å². The molecule has 2 heterocycles. The van der Waals surface area contributed by atoms with Gasteiger partial charge in [0.25, 0.3) is 0 Å². The molecule has 1 unspecified atom stereocenters. The Morgan fingerprint density at radius 3 is 2.90 bits per heavy atom. The summed E-state index contributed by atoms with van der Waals surface area (Å²) < 4.78 is 0. The first-order chi connectivity index (χ1) is 10.2. The first kappa shape index (κ1) is 14.7. The lowest BCUT2D eigenvalue weighted by molar-refractivity contribution is 0.643. The van der Waals surface area contributed by atoms with Gasteiger partial charge in [-0.05, 0) is 13.0 Å². The molecule has 1 aliphatic rings. The van der Waals surface area contributed by atoms with Crippen molar-refractivity contribution in [3.05, 3.63) is 29.5 Å². The van der Waals surface area contributed by atoms with Crippen molar-refractivity contribution in [1.82, 2.24) is 15.3 Å². The molecule has 1 aromatic rings. The molecule has 1 atom stereocenters. The highest BCUT2D eigenvalue weighted by atomic mass is 15.1. The van der Waals surface area contributed by atoms with Crippen LogP contribution < -0.4 is 22.1 Å². The van der Waals surface area contributed by atoms with Gasteiger partial charge in [0.1, 0.15) is 18.1 Å². The summed E-state index contributed by atoms with van der Waals surface area (Å²) >= 11 is 0. The van der Waals surface area contributed by atoms with Gasteiger partial charge in [0.15, 0.2) is 5.69 Å². The number of rotatable bonds is 6. The predicted molar refractivity (Wildman–Crippen MR) is 80.2 cm³/mol. The van der Waals surface area contributed by atoms with Gasteiger partial charge in [0.05, 0.1) is 18.1 Å². The van der Waals surface area contributed by atoms with E-state index < -0.39 is 0 Å². The number of hydrogen-bond donors (Lipinski definition) is 4. The topological polar surface area (TPSA) is 138 Å². The Morgan fingerprint density at radius 1 is 1.38 bits per heavy atom. The van der Waals surface area contributed by atoms with Crippen LogP contribution in [0.15, 0.2) is 28.8 Å². The summed E-state index contributed by atoms with van der Waals surface area (Å²) in [5.41, 5.74) is 13.2. The quantitative estimate of drug-likeness (QED) is 0.525. The number of nitrogens with one attached hydrogen (secondary N) is 2. The summed E-state index contributed by atoms with van der Waals surface area (Å²) in [4.78, 5) is 12.4. The number of nitriles is 1. The molecule has 0 radical (unpaired) electrons. The average Bonchev–Trinajstić information content (AvgIpc) is 2.51. The first-order valence-electron chi connectivity index (χ1n) is 6.67. The molecule has 0 fully saturated rings. The third-order valence-corrected chi connectivity index (χ3v) is 2.94.